The number of imidazole rings is 1. The SMILES string of the molecule is C[C@H](CO)N(C)C(=O)Cc1cn2cc(Cl)cc(Cl)c2n1. The van der Waals surface area contributed by atoms with Crippen LogP contribution in [0, 0.1) is 0 Å². The van der Waals surface area contributed by atoms with E-state index in [0.717, 1.165) is 0 Å². The summed E-state index contributed by atoms with van der Waals surface area (Å²) in [6.45, 7) is 1.70. The number of halogens is 2. The van der Waals surface area contributed by atoms with E-state index in [1.807, 2.05) is 0 Å². The molecule has 0 aliphatic rings. The van der Waals surface area contributed by atoms with Gasteiger partial charge in [0.15, 0.2) is 5.65 Å². The number of hydrogen-bond donors (Lipinski definition) is 1. The van der Waals surface area contributed by atoms with Crippen LogP contribution in [0.5, 0.6) is 0 Å². The van der Waals surface area contributed by atoms with Gasteiger partial charge in [-0.3, -0.25) is 4.79 Å². The van der Waals surface area contributed by atoms with Gasteiger partial charge in [0.2, 0.25) is 5.91 Å². The molecule has 2 rings (SSSR count). The maximum Gasteiger partial charge on any atom is 0.228 e. The van der Waals surface area contributed by atoms with Gasteiger partial charge in [-0.1, -0.05) is 23.2 Å². The Hall–Kier alpha value is -1.30. The normalized spacial score (nSPS) is 12.7. The Bertz CT molecular complexity index is 642. The highest BCUT2D eigenvalue weighted by atomic mass is 35.5. The van der Waals surface area contributed by atoms with E-state index >= 15 is 0 Å². The Kier molecular flexibility index (Phi) is 4.52. The van der Waals surface area contributed by atoms with Gasteiger partial charge in [-0.25, -0.2) is 4.98 Å². The Balaban J connectivity index is 2.22. The molecule has 0 fully saturated rings. The molecule has 0 spiro atoms. The Morgan fingerprint density at radius 3 is 2.85 bits per heavy atom. The van der Waals surface area contributed by atoms with Gasteiger partial charge in [0.1, 0.15) is 0 Å². The lowest BCUT2D eigenvalue weighted by molar-refractivity contribution is -0.131. The van der Waals surface area contributed by atoms with Crippen molar-refractivity contribution in [3.63, 3.8) is 0 Å². The van der Waals surface area contributed by atoms with Gasteiger partial charge in [0.05, 0.1) is 34.8 Å². The standard InChI is InChI=1S/C13H15Cl2N3O2/c1-8(7-19)17(2)12(20)4-10-6-18-5-9(14)3-11(15)13(18)16-10/h3,5-6,8,19H,4,7H2,1-2H3/t8-/m1/s1. The number of pyridine rings is 1. The number of rotatable bonds is 4. The zero-order chi connectivity index (χ0) is 14.9. The summed E-state index contributed by atoms with van der Waals surface area (Å²) >= 11 is 12.0. The van der Waals surface area contributed by atoms with Gasteiger partial charge in [0, 0.05) is 19.4 Å². The van der Waals surface area contributed by atoms with Crippen LogP contribution >= 0.6 is 23.2 Å². The van der Waals surface area contributed by atoms with E-state index in [1.165, 1.54) is 4.90 Å². The molecule has 2 aromatic rings. The minimum absolute atomic E-state index is 0.0746. The van der Waals surface area contributed by atoms with E-state index in [2.05, 4.69) is 4.98 Å². The fourth-order valence-corrected chi connectivity index (χ4v) is 2.34. The summed E-state index contributed by atoms with van der Waals surface area (Å²) in [5.41, 5.74) is 1.17. The van der Waals surface area contributed by atoms with Crippen LogP contribution in [-0.2, 0) is 11.2 Å². The lowest BCUT2D eigenvalue weighted by Gasteiger charge is -2.22. The average Bonchev–Trinajstić information content (AvgIpc) is 2.79. The molecule has 1 atom stereocenters. The molecular formula is C13H15Cl2N3O2. The fraction of sp³-hybridized carbons (Fsp3) is 0.385. The summed E-state index contributed by atoms with van der Waals surface area (Å²) in [5, 5.41) is 10.00. The monoisotopic (exact) mass is 315 g/mol. The van der Waals surface area contributed by atoms with E-state index in [1.54, 1.807) is 36.8 Å². The molecule has 0 unspecified atom stereocenters. The molecule has 0 saturated heterocycles. The van der Waals surface area contributed by atoms with Crippen LogP contribution in [0.4, 0.5) is 0 Å². The van der Waals surface area contributed by atoms with Crippen LogP contribution in [0.3, 0.4) is 0 Å². The van der Waals surface area contributed by atoms with Gasteiger partial charge in [-0.15, -0.1) is 0 Å². The molecule has 0 radical (unpaired) electrons. The molecular weight excluding hydrogens is 301 g/mol. The number of aromatic nitrogens is 2. The van der Waals surface area contributed by atoms with Crippen molar-refractivity contribution >= 4 is 34.8 Å². The smallest absolute Gasteiger partial charge is 0.228 e. The number of aliphatic hydroxyl groups is 1. The Labute approximate surface area is 126 Å². The summed E-state index contributed by atoms with van der Waals surface area (Å²) in [6, 6.07) is 1.38. The number of carbonyl (C=O) groups excluding carboxylic acids is 1. The van der Waals surface area contributed by atoms with Crippen molar-refractivity contribution in [2.45, 2.75) is 19.4 Å². The van der Waals surface area contributed by atoms with Gasteiger partial charge >= 0.3 is 0 Å². The Morgan fingerprint density at radius 1 is 1.50 bits per heavy atom. The van der Waals surface area contributed by atoms with Crippen LogP contribution in [0.1, 0.15) is 12.6 Å². The second-order valence-corrected chi connectivity index (χ2v) is 5.53. The molecule has 7 heteroatoms. The number of likely N-dealkylation sites (N-methyl/N-ethyl adjacent to an activating group) is 1. The van der Waals surface area contributed by atoms with Gasteiger partial charge in [-0.2, -0.15) is 0 Å². The van der Waals surface area contributed by atoms with Crippen molar-refractivity contribution in [2.24, 2.45) is 0 Å². The van der Waals surface area contributed by atoms with Crippen LogP contribution in [0.25, 0.3) is 5.65 Å². The third-order valence-corrected chi connectivity index (χ3v) is 3.66. The molecule has 2 heterocycles. The zero-order valence-corrected chi connectivity index (χ0v) is 12.7. The molecule has 5 nitrogen and oxygen atoms in total. The predicted octanol–water partition coefficient (Wildman–Crippen LogP) is 2.02. The van der Waals surface area contributed by atoms with Gasteiger partial charge < -0.3 is 14.4 Å². The highest BCUT2D eigenvalue weighted by Gasteiger charge is 2.17. The summed E-state index contributed by atoms with van der Waals surface area (Å²) in [7, 11) is 1.66. The fourth-order valence-electron chi connectivity index (χ4n) is 1.81. The van der Waals surface area contributed by atoms with Crippen molar-refractivity contribution in [2.75, 3.05) is 13.7 Å². The van der Waals surface area contributed by atoms with Crippen molar-refractivity contribution < 1.29 is 9.90 Å². The number of nitrogens with zero attached hydrogens (tertiary/aromatic N) is 3. The third-order valence-electron chi connectivity index (χ3n) is 3.17. The maximum absolute atomic E-state index is 12.0. The molecule has 0 saturated carbocycles. The van der Waals surface area contributed by atoms with Crippen LogP contribution < -0.4 is 0 Å². The highest BCUT2D eigenvalue weighted by Crippen LogP contribution is 2.22. The number of hydrogen-bond acceptors (Lipinski definition) is 3. The molecule has 0 aromatic carbocycles. The topological polar surface area (TPSA) is 57.8 Å². The molecule has 108 valence electrons. The summed E-state index contributed by atoms with van der Waals surface area (Å²) in [6.07, 6.45) is 3.56. The molecule has 1 amide bonds. The number of carbonyl (C=O) groups is 1. The van der Waals surface area contributed by atoms with Crippen LogP contribution in [0.15, 0.2) is 18.5 Å². The first-order valence-corrected chi connectivity index (χ1v) is 6.87. The second kappa shape index (κ2) is 5.99. The van der Waals surface area contributed by atoms with E-state index in [9.17, 15) is 4.79 Å². The molecule has 20 heavy (non-hydrogen) atoms. The van der Waals surface area contributed by atoms with Crippen molar-refractivity contribution in [3.8, 4) is 0 Å². The zero-order valence-electron chi connectivity index (χ0n) is 11.2. The van der Waals surface area contributed by atoms with Gasteiger partial charge in [0.25, 0.3) is 0 Å². The van der Waals surface area contributed by atoms with Crippen LogP contribution in [-0.4, -0.2) is 45.0 Å². The van der Waals surface area contributed by atoms with Crippen molar-refractivity contribution in [3.05, 3.63) is 34.2 Å². The van der Waals surface area contributed by atoms with E-state index in [0.29, 0.717) is 21.4 Å². The number of aliphatic hydroxyl groups excluding tert-OH is 1. The summed E-state index contributed by atoms with van der Waals surface area (Å²) in [5.74, 6) is -0.114. The predicted molar refractivity (Wildman–Crippen MR) is 78.2 cm³/mol. The first-order chi connectivity index (χ1) is 9.42. The summed E-state index contributed by atoms with van der Waals surface area (Å²) < 4.78 is 1.70. The molecule has 0 aliphatic carbocycles. The van der Waals surface area contributed by atoms with Crippen LogP contribution in [0.2, 0.25) is 10.0 Å². The Morgan fingerprint density at radius 2 is 2.20 bits per heavy atom. The quantitative estimate of drug-likeness (QED) is 0.939. The molecule has 2 aromatic heterocycles. The molecule has 1 N–H and O–H groups in total. The third kappa shape index (κ3) is 3.06. The number of fused-ring (bicyclic) bond motifs is 1. The number of amides is 1. The summed E-state index contributed by atoms with van der Waals surface area (Å²) in [4.78, 5) is 17.9. The highest BCUT2D eigenvalue weighted by molar-refractivity contribution is 6.36. The largest absolute Gasteiger partial charge is 0.394 e. The lowest BCUT2D eigenvalue weighted by atomic mass is 10.2. The second-order valence-electron chi connectivity index (χ2n) is 4.68. The van der Waals surface area contributed by atoms with Crippen molar-refractivity contribution in [1.82, 2.24) is 14.3 Å². The average molecular weight is 316 g/mol. The van der Waals surface area contributed by atoms with Crippen molar-refractivity contribution in [1.29, 1.82) is 0 Å². The minimum Gasteiger partial charge on any atom is -0.394 e. The first-order valence-electron chi connectivity index (χ1n) is 6.11. The maximum atomic E-state index is 12.0. The lowest BCUT2D eigenvalue weighted by Crippen LogP contribution is -2.38. The van der Waals surface area contributed by atoms with Gasteiger partial charge in [-0.05, 0) is 13.0 Å². The van der Waals surface area contributed by atoms with E-state index < -0.39 is 0 Å². The minimum atomic E-state index is -0.224. The molecule has 0 aliphatic heterocycles. The molecule has 0 bridgehead atoms. The van der Waals surface area contributed by atoms with E-state index in [4.69, 9.17) is 28.3 Å². The first kappa shape index (κ1) is 15.1. The van der Waals surface area contributed by atoms with E-state index in [-0.39, 0.29) is 25.0 Å².